The van der Waals surface area contributed by atoms with Gasteiger partial charge >= 0.3 is 0 Å². The molecule has 2 aliphatic rings. The van der Waals surface area contributed by atoms with E-state index in [2.05, 4.69) is 0 Å². The normalized spacial score (nSPS) is 30.9. The molecule has 2 aliphatic carbocycles. The van der Waals surface area contributed by atoms with Gasteiger partial charge in [-0.3, -0.25) is 4.57 Å². The number of aliphatic hydroxyl groups is 1. The predicted octanol–water partition coefficient (Wildman–Crippen LogP) is 3.24. The molecule has 0 aromatic rings. The van der Waals surface area contributed by atoms with Crippen molar-refractivity contribution in [3.05, 3.63) is 0 Å². The zero-order valence-corrected chi connectivity index (χ0v) is 10.8. The predicted molar refractivity (Wildman–Crippen MR) is 64.7 cm³/mol. The van der Waals surface area contributed by atoms with E-state index in [0.29, 0.717) is 12.8 Å². The Morgan fingerprint density at radius 1 is 0.938 bits per heavy atom. The lowest BCUT2D eigenvalue weighted by Crippen LogP contribution is -2.36. The van der Waals surface area contributed by atoms with E-state index in [4.69, 9.17) is 0 Å². The van der Waals surface area contributed by atoms with Gasteiger partial charge in [0.05, 0.1) is 0 Å². The summed E-state index contributed by atoms with van der Waals surface area (Å²) in [5.74, 6) is 0. The third-order valence-electron chi connectivity index (χ3n) is 4.32. The summed E-state index contributed by atoms with van der Waals surface area (Å²) in [5, 5.41) is 9.18. The van der Waals surface area contributed by atoms with Crippen LogP contribution in [0.4, 0.5) is 0 Å². The Morgan fingerprint density at radius 2 is 1.44 bits per heavy atom. The Hall–Kier alpha value is 0.150. The van der Waals surface area contributed by atoms with Gasteiger partial charge < -0.3 is 10.00 Å². The lowest BCUT2D eigenvalue weighted by Gasteiger charge is -2.40. The van der Waals surface area contributed by atoms with Crippen LogP contribution in [0.3, 0.4) is 0 Å². The largest absolute Gasteiger partial charge is 0.380 e. The summed E-state index contributed by atoms with van der Waals surface area (Å²) >= 11 is 0. The highest BCUT2D eigenvalue weighted by molar-refractivity contribution is 7.60. The molecule has 1 atom stereocenters. The van der Waals surface area contributed by atoms with Crippen LogP contribution in [0, 0.1) is 0 Å². The van der Waals surface area contributed by atoms with Gasteiger partial charge in [-0.15, -0.1) is 0 Å². The lowest BCUT2D eigenvalue weighted by molar-refractivity contribution is 0.0671. The first-order valence-corrected chi connectivity index (χ1v) is 8.34. The van der Waals surface area contributed by atoms with Crippen molar-refractivity contribution in [3.63, 3.8) is 0 Å². The summed E-state index contributed by atoms with van der Waals surface area (Å²) in [6.07, 6.45) is 8.86. The molecule has 0 spiro atoms. The zero-order chi connectivity index (χ0) is 11.6. The van der Waals surface area contributed by atoms with Gasteiger partial charge in [-0.1, -0.05) is 38.5 Å². The van der Waals surface area contributed by atoms with Gasteiger partial charge in [0.15, 0.2) is 0 Å². The van der Waals surface area contributed by atoms with E-state index in [0.717, 1.165) is 44.9 Å². The maximum atomic E-state index is 12.6. The molecule has 0 bridgehead atoms. The second kappa shape index (κ2) is 4.80. The molecule has 94 valence electrons. The molecule has 1 unspecified atom stereocenters. The van der Waals surface area contributed by atoms with Gasteiger partial charge in [0.2, 0.25) is 7.37 Å². The van der Waals surface area contributed by atoms with Crippen LogP contribution in [0.25, 0.3) is 0 Å². The van der Waals surface area contributed by atoms with Crippen LogP contribution in [0.15, 0.2) is 0 Å². The van der Waals surface area contributed by atoms with Crippen LogP contribution in [-0.2, 0) is 4.57 Å². The van der Waals surface area contributed by atoms with Crippen molar-refractivity contribution in [3.8, 4) is 0 Å². The Balaban J connectivity index is 2.12. The molecule has 2 rings (SSSR count). The fourth-order valence-corrected chi connectivity index (χ4v) is 5.91. The van der Waals surface area contributed by atoms with Crippen LogP contribution >= 0.6 is 7.37 Å². The molecule has 2 N–H and O–H groups in total. The third-order valence-corrected chi connectivity index (χ3v) is 7.47. The highest BCUT2D eigenvalue weighted by Crippen LogP contribution is 2.64. The summed E-state index contributed by atoms with van der Waals surface area (Å²) in [6.45, 7) is 0. The fourth-order valence-electron chi connectivity index (χ4n) is 3.21. The first-order valence-electron chi connectivity index (χ1n) is 6.61. The van der Waals surface area contributed by atoms with E-state index in [9.17, 15) is 14.6 Å². The summed E-state index contributed by atoms with van der Waals surface area (Å²) in [7, 11) is -3.40. The van der Waals surface area contributed by atoms with E-state index in [1.807, 2.05) is 0 Å². The van der Waals surface area contributed by atoms with Gasteiger partial charge in [0, 0.05) is 5.66 Å². The SMILES string of the molecule is O=P(O)(C1CCCCC1)C1(O)CCCCC1. The summed E-state index contributed by atoms with van der Waals surface area (Å²) < 4.78 is 12.6. The molecule has 3 nitrogen and oxygen atoms in total. The molecule has 0 aliphatic heterocycles. The number of hydrogen-bond donors (Lipinski definition) is 2. The lowest BCUT2D eigenvalue weighted by atomic mass is 9.97. The standard InChI is InChI=1S/C12H23O3P/c13-12(9-5-2-6-10-12)16(14,15)11-7-3-1-4-8-11/h11,13H,1-10H2,(H,14,15). The molecule has 0 saturated heterocycles. The second-order valence-electron chi connectivity index (χ2n) is 5.46. The fraction of sp³-hybridized carbons (Fsp3) is 1.00. The maximum Gasteiger partial charge on any atom is 0.234 e. The van der Waals surface area contributed by atoms with Crippen molar-refractivity contribution < 1.29 is 14.6 Å². The zero-order valence-electron chi connectivity index (χ0n) is 9.90. The minimum Gasteiger partial charge on any atom is -0.380 e. The van der Waals surface area contributed by atoms with Crippen molar-refractivity contribution in [2.45, 2.75) is 75.2 Å². The summed E-state index contributed by atoms with van der Waals surface area (Å²) in [5.41, 5.74) is -0.135. The van der Waals surface area contributed by atoms with E-state index in [-0.39, 0.29) is 5.66 Å². The van der Waals surface area contributed by atoms with Gasteiger partial charge in [-0.05, 0) is 25.7 Å². The van der Waals surface area contributed by atoms with Crippen molar-refractivity contribution >= 4 is 7.37 Å². The van der Waals surface area contributed by atoms with Gasteiger partial charge in [-0.25, -0.2) is 0 Å². The molecular formula is C12H23O3P. The Bertz CT molecular complexity index is 278. The van der Waals surface area contributed by atoms with E-state index >= 15 is 0 Å². The van der Waals surface area contributed by atoms with E-state index in [1.165, 1.54) is 6.42 Å². The quantitative estimate of drug-likeness (QED) is 0.735. The molecule has 0 heterocycles. The Kier molecular flexibility index (Phi) is 3.78. The van der Waals surface area contributed by atoms with Crippen LogP contribution in [0.5, 0.6) is 0 Å². The molecule has 4 heteroatoms. The first-order chi connectivity index (χ1) is 7.56. The molecule has 2 saturated carbocycles. The van der Waals surface area contributed by atoms with Crippen molar-refractivity contribution in [1.29, 1.82) is 0 Å². The molecule has 0 aromatic carbocycles. The molecule has 0 amide bonds. The average molecular weight is 246 g/mol. The van der Waals surface area contributed by atoms with Crippen molar-refractivity contribution in [1.82, 2.24) is 0 Å². The van der Waals surface area contributed by atoms with Crippen LogP contribution < -0.4 is 0 Å². The highest BCUT2D eigenvalue weighted by atomic mass is 31.2. The molecule has 16 heavy (non-hydrogen) atoms. The second-order valence-corrected chi connectivity index (χ2v) is 8.27. The Labute approximate surface area is 97.7 Å². The van der Waals surface area contributed by atoms with E-state index in [1.54, 1.807) is 0 Å². The van der Waals surface area contributed by atoms with Crippen LogP contribution in [0.2, 0.25) is 0 Å². The number of rotatable bonds is 2. The van der Waals surface area contributed by atoms with Crippen molar-refractivity contribution in [2.75, 3.05) is 0 Å². The number of hydrogen-bond acceptors (Lipinski definition) is 2. The van der Waals surface area contributed by atoms with E-state index < -0.39 is 12.7 Å². The van der Waals surface area contributed by atoms with Gasteiger partial charge in [0.1, 0.15) is 5.34 Å². The van der Waals surface area contributed by atoms with Crippen molar-refractivity contribution in [2.24, 2.45) is 0 Å². The minimum absolute atomic E-state index is 0.135. The third kappa shape index (κ3) is 2.23. The minimum atomic E-state index is -3.40. The van der Waals surface area contributed by atoms with Crippen LogP contribution in [0.1, 0.15) is 64.2 Å². The van der Waals surface area contributed by atoms with Crippen LogP contribution in [-0.4, -0.2) is 21.0 Å². The Morgan fingerprint density at radius 3 is 2.00 bits per heavy atom. The first kappa shape index (κ1) is 12.6. The highest BCUT2D eigenvalue weighted by Gasteiger charge is 2.50. The van der Waals surface area contributed by atoms with Gasteiger partial charge in [-0.2, -0.15) is 0 Å². The maximum absolute atomic E-state index is 12.6. The molecule has 0 aromatic heterocycles. The van der Waals surface area contributed by atoms with Gasteiger partial charge in [0.25, 0.3) is 0 Å². The summed E-state index contributed by atoms with van der Waals surface area (Å²) in [6, 6.07) is 0. The monoisotopic (exact) mass is 246 g/mol. The molecular weight excluding hydrogens is 223 g/mol. The average Bonchev–Trinajstić information content (AvgIpc) is 2.31. The molecule has 2 fully saturated rings. The topological polar surface area (TPSA) is 57.5 Å². The summed E-state index contributed by atoms with van der Waals surface area (Å²) in [4.78, 5) is 10.3. The molecule has 0 radical (unpaired) electrons. The smallest absolute Gasteiger partial charge is 0.234 e.